The SMILES string of the molecule is Cc1ccc(-c2cc(C(=O)Nc3ccc(Cl)cc3Cl)c3c(C)nn(C4CCS(=O)(=O)C4)c3n2)cc1. The van der Waals surface area contributed by atoms with E-state index in [4.69, 9.17) is 28.2 Å². The number of pyridine rings is 1. The molecule has 1 amide bonds. The first-order valence-corrected chi connectivity index (χ1v) is 13.6. The van der Waals surface area contributed by atoms with Crippen LogP contribution in [0.3, 0.4) is 0 Å². The van der Waals surface area contributed by atoms with Crippen molar-refractivity contribution in [3.05, 3.63) is 75.4 Å². The Kier molecular flexibility index (Phi) is 6.07. The van der Waals surface area contributed by atoms with Gasteiger partial charge in [0.2, 0.25) is 0 Å². The molecule has 0 aliphatic carbocycles. The third-order valence-electron chi connectivity index (χ3n) is 6.16. The number of carbonyl (C=O) groups excluding carboxylic acids is 1. The number of fused-ring (bicyclic) bond motifs is 1. The molecule has 0 spiro atoms. The number of nitrogens with zero attached hydrogens (tertiary/aromatic N) is 3. The van der Waals surface area contributed by atoms with Crippen LogP contribution in [0.4, 0.5) is 5.69 Å². The zero-order chi connectivity index (χ0) is 24.9. The van der Waals surface area contributed by atoms with Gasteiger partial charge in [-0.3, -0.25) is 4.79 Å². The van der Waals surface area contributed by atoms with Gasteiger partial charge in [-0.25, -0.2) is 18.1 Å². The van der Waals surface area contributed by atoms with E-state index in [1.54, 1.807) is 35.9 Å². The number of halogens is 2. The summed E-state index contributed by atoms with van der Waals surface area (Å²) < 4.78 is 26.0. The lowest BCUT2D eigenvalue weighted by molar-refractivity contribution is 0.102. The molecule has 35 heavy (non-hydrogen) atoms. The molecular formula is C25H22Cl2N4O3S. The van der Waals surface area contributed by atoms with Gasteiger partial charge in [-0.1, -0.05) is 53.0 Å². The van der Waals surface area contributed by atoms with E-state index in [1.807, 2.05) is 31.2 Å². The van der Waals surface area contributed by atoms with Crippen LogP contribution in [0.5, 0.6) is 0 Å². The Morgan fingerprint density at radius 2 is 1.83 bits per heavy atom. The van der Waals surface area contributed by atoms with Crippen molar-refractivity contribution in [2.24, 2.45) is 0 Å². The molecule has 0 saturated carbocycles. The Morgan fingerprint density at radius 3 is 2.49 bits per heavy atom. The predicted octanol–water partition coefficient (Wildman–Crippen LogP) is 5.63. The topological polar surface area (TPSA) is 94.0 Å². The third kappa shape index (κ3) is 4.66. The van der Waals surface area contributed by atoms with E-state index in [2.05, 4.69) is 10.4 Å². The van der Waals surface area contributed by atoms with Crippen LogP contribution in [0.1, 0.15) is 34.1 Å². The number of nitrogens with one attached hydrogen (secondary N) is 1. The lowest BCUT2D eigenvalue weighted by atomic mass is 10.0. The van der Waals surface area contributed by atoms with Crippen molar-refractivity contribution >= 4 is 55.7 Å². The number of carbonyl (C=O) groups is 1. The van der Waals surface area contributed by atoms with Crippen molar-refractivity contribution in [1.29, 1.82) is 0 Å². The highest BCUT2D eigenvalue weighted by Gasteiger charge is 2.32. The fourth-order valence-electron chi connectivity index (χ4n) is 4.37. The highest BCUT2D eigenvalue weighted by molar-refractivity contribution is 7.91. The number of benzene rings is 2. The summed E-state index contributed by atoms with van der Waals surface area (Å²) in [5, 5.41) is 8.85. The standard InChI is InChI=1S/C25H22Cl2N4O3S/c1-14-3-5-16(6-4-14)22-12-19(25(32)29-21-8-7-17(26)11-20(21)27)23-15(2)30-31(24(23)28-22)18-9-10-35(33,34)13-18/h3-8,11-12,18H,9-10,13H2,1-2H3,(H,29,32). The van der Waals surface area contributed by atoms with Gasteiger partial charge in [0.15, 0.2) is 15.5 Å². The van der Waals surface area contributed by atoms with Crippen LogP contribution < -0.4 is 5.32 Å². The van der Waals surface area contributed by atoms with Crippen LogP contribution in [-0.2, 0) is 9.84 Å². The fraction of sp³-hybridized carbons (Fsp3) is 0.240. The summed E-state index contributed by atoms with van der Waals surface area (Å²) >= 11 is 12.3. The lowest BCUT2D eigenvalue weighted by Crippen LogP contribution is -2.15. The molecule has 1 atom stereocenters. The molecule has 3 heterocycles. The summed E-state index contributed by atoms with van der Waals surface area (Å²) in [5.41, 5.74) is 4.40. The molecule has 1 N–H and O–H groups in total. The maximum absolute atomic E-state index is 13.5. The van der Waals surface area contributed by atoms with E-state index in [0.717, 1.165) is 11.1 Å². The Balaban J connectivity index is 1.68. The minimum absolute atomic E-state index is 0.00156. The van der Waals surface area contributed by atoms with Gasteiger partial charge in [0.25, 0.3) is 5.91 Å². The van der Waals surface area contributed by atoms with Gasteiger partial charge in [-0.15, -0.1) is 0 Å². The van der Waals surface area contributed by atoms with E-state index in [1.165, 1.54) is 0 Å². The zero-order valence-corrected chi connectivity index (χ0v) is 21.4. The summed E-state index contributed by atoms with van der Waals surface area (Å²) in [4.78, 5) is 18.4. The number of aromatic nitrogens is 3. The first-order chi connectivity index (χ1) is 16.6. The molecule has 1 fully saturated rings. The Morgan fingerprint density at radius 1 is 1.09 bits per heavy atom. The molecule has 0 bridgehead atoms. The fourth-order valence-corrected chi connectivity index (χ4v) is 6.52. The number of aryl methyl sites for hydroxylation is 2. The highest BCUT2D eigenvalue weighted by atomic mass is 35.5. The summed E-state index contributed by atoms with van der Waals surface area (Å²) in [6, 6.07) is 14.1. The molecule has 2 aromatic heterocycles. The van der Waals surface area contributed by atoms with Crippen molar-refractivity contribution < 1.29 is 13.2 Å². The van der Waals surface area contributed by atoms with E-state index in [9.17, 15) is 13.2 Å². The van der Waals surface area contributed by atoms with Crippen LogP contribution >= 0.6 is 23.2 Å². The van der Waals surface area contributed by atoms with Gasteiger partial charge in [0.05, 0.1) is 50.6 Å². The van der Waals surface area contributed by atoms with Crippen LogP contribution in [-0.4, -0.2) is 40.6 Å². The second-order valence-electron chi connectivity index (χ2n) is 8.78. The highest BCUT2D eigenvalue weighted by Crippen LogP contribution is 2.33. The number of hydrogen-bond donors (Lipinski definition) is 1. The molecular weight excluding hydrogens is 507 g/mol. The van der Waals surface area contributed by atoms with E-state index in [0.29, 0.717) is 50.1 Å². The van der Waals surface area contributed by atoms with Crippen molar-refractivity contribution in [2.75, 3.05) is 16.8 Å². The smallest absolute Gasteiger partial charge is 0.256 e. The minimum atomic E-state index is -3.14. The van der Waals surface area contributed by atoms with Crippen molar-refractivity contribution in [2.45, 2.75) is 26.3 Å². The van der Waals surface area contributed by atoms with E-state index in [-0.39, 0.29) is 23.5 Å². The Labute approximate surface area is 213 Å². The summed E-state index contributed by atoms with van der Waals surface area (Å²) in [6.45, 7) is 3.79. The average molecular weight is 529 g/mol. The molecule has 0 radical (unpaired) electrons. The van der Waals surface area contributed by atoms with Gasteiger partial charge in [0.1, 0.15) is 0 Å². The van der Waals surface area contributed by atoms with Gasteiger partial charge in [-0.2, -0.15) is 5.10 Å². The number of sulfone groups is 1. The average Bonchev–Trinajstić information content (AvgIpc) is 3.34. The largest absolute Gasteiger partial charge is 0.321 e. The van der Waals surface area contributed by atoms with Crippen LogP contribution in [0.2, 0.25) is 10.0 Å². The van der Waals surface area contributed by atoms with Crippen molar-refractivity contribution in [1.82, 2.24) is 14.8 Å². The molecule has 1 saturated heterocycles. The van der Waals surface area contributed by atoms with Crippen molar-refractivity contribution in [3.8, 4) is 11.3 Å². The van der Waals surface area contributed by atoms with Gasteiger partial charge >= 0.3 is 0 Å². The van der Waals surface area contributed by atoms with Crippen LogP contribution in [0, 0.1) is 13.8 Å². The lowest BCUT2D eigenvalue weighted by Gasteiger charge is -2.13. The van der Waals surface area contributed by atoms with E-state index >= 15 is 0 Å². The Bertz CT molecular complexity index is 1580. The second kappa shape index (κ2) is 8.93. The molecule has 4 aromatic rings. The third-order valence-corrected chi connectivity index (χ3v) is 8.46. The summed E-state index contributed by atoms with van der Waals surface area (Å²) in [6.07, 6.45) is 0.455. The summed E-state index contributed by atoms with van der Waals surface area (Å²) in [5.74, 6) is -0.267. The maximum atomic E-state index is 13.5. The minimum Gasteiger partial charge on any atom is -0.321 e. The molecule has 1 aliphatic rings. The molecule has 2 aromatic carbocycles. The first-order valence-electron chi connectivity index (χ1n) is 11.0. The quantitative estimate of drug-likeness (QED) is 0.370. The van der Waals surface area contributed by atoms with Crippen molar-refractivity contribution in [3.63, 3.8) is 0 Å². The number of anilines is 1. The van der Waals surface area contributed by atoms with E-state index < -0.39 is 9.84 Å². The molecule has 7 nitrogen and oxygen atoms in total. The molecule has 1 aliphatic heterocycles. The molecule has 180 valence electrons. The number of hydrogen-bond acceptors (Lipinski definition) is 5. The second-order valence-corrected chi connectivity index (χ2v) is 11.9. The summed E-state index contributed by atoms with van der Waals surface area (Å²) in [7, 11) is -3.14. The molecule has 5 rings (SSSR count). The normalized spacial score (nSPS) is 17.1. The van der Waals surface area contributed by atoms with Crippen LogP contribution in [0.15, 0.2) is 48.5 Å². The maximum Gasteiger partial charge on any atom is 0.256 e. The molecule has 10 heteroatoms. The van der Waals surface area contributed by atoms with Gasteiger partial charge < -0.3 is 5.32 Å². The Hall–Kier alpha value is -2.94. The number of amides is 1. The first kappa shape index (κ1) is 23.8. The monoisotopic (exact) mass is 528 g/mol. The zero-order valence-electron chi connectivity index (χ0n) is 19.0. The van der Waals surface area contributed by atoms with Gasteiger partial charge in [0, 0.05) is 10.6 Å². The van der Waals surface area contributed by atoms with Crippen LogP contribution in [0.25, 0.3) is 22.3 Å². The molecule has 1 unspecified atom stereocenters. The van der Waals surface area contributed by atoms with Gasteiger partial charge in [-0.05, 0) is 44.5 Å². The number of rotatable bonds is 4. The predicted molar refractivity (Wildman–Crippen MR) is 139 cm³/mol.